The molecule has 6 nitrogen and oxygen atoms in total. The molecule has 0 atom stereocenters. The van der Waals surface area contributed by atoms with Gasteiger partial charge in [0, 0.05) is 70.7 Å². The van der Waals surface area contributed by atoms with Crippen LogP contribution in [-0.2, 0) is 16.0 Å². The van der Waals surface area contributed by atoms with Crippen molar-refractivity contribution < 1.29 is 9.47 Å². The maximum atomic E-state index is 5.98. The van der Waals surface area contributed by atoms with Gasteiger partial charge in [0.1, 0.15) is 0 Å². The summed E-state index contributed by atoms with van der Waals surface area (Å²) in [5.74, 6) is 1.57. The lowest BCUT2D eigenvalue weighted by Gasteiger charge is -2.33. The molecular weight excluding hydrogens is 527 g/mol. The summed E-state index contributed by atoms with van der Waals surface area (Å²) in [6.07, 6.45) is 5.51. The number of halogens is 2. The molecule has 2 N–H and O–H groups in total. The lowest BCUT2D eigenvalue weighted by atomic mass is 10.0. The molecule has 8 heteroatoms. The number of nitrogens with one attached hydrogen (secondary N) is 2. The molecule has 0 spiro atoms. The van der Waals surface area contributed by atoms with Gasteiger partial charge in [-0.25, -0.2) is 0 Å². The normalized spacial score (nSPS) is 19.1. The average Bonchev–Trinajstić information content (AvgIpc) is 2.78. The number of benzene rings is 1. The number of nitrogens with zero attached hydrogens (tertiary/aromatic N) is 2. The fourth-order valence-electron chi connectivity index (χ4n) is 4.02. The fourth-order valence-corrected chi connectivity index (χ4v) is 4.14. The third-order valence-corrected chi connectivity index (χ3v) is 6.18. The highest BCUT2D eigenvalue weighted by Crippen LogP contribution is 2.16. The number of hydrogen-bond donors (Lipinski definition) is 2. The minimum atomic E-state index is 0. The van der Waals surface area contributed by atoms with Crippen LogP contribution in [0, 0.1) is 5.92 Å². The first kappa shape index (κ1) is 26.6. The summed E-state index contributed by atoms with van der Waals surface area (Å²) in [5, 5.41) is 7.80. The second-order valence-electron chi connectivity index (χ2n) is 8.30. The molecule has 3 rings (SSSR count). The zero-order valence-corrected chi connectivity index (χ0v) is 21.7. The Balaban J connectivity index is 0.00000341. The maximum Gasteiger partial charge on any atom is 0.191 e. The Morgan fingerprint density at radius 2 is 1.87 bits per heavy atom. The van der Waals surface area contributed by atoms with Crippen LogP contribution in [-0.4, -0.2) is 70.0 Å². The summed E-state index contributed by atoms with van der Waals surface area (Å²) in [4.78, 5) is 6.89. The summed E-state index contributed by atoms with van der Waals surface area (Å²) in [7, 11) is 1.84. The number of ether oxygens (including phenoxy) is 2. The molecule has 2 saturated heterocycles. The van der Waals surface area contributed by atoms with Crippen molar-refractivity contribution in [1.82, 2.24) is 15.5 Å². The van der Waals surface area contributed by atoms with Crippen LogP contribution in [0.25, 0.3) is 0 Å². The highest BCUT2D eigenvalue weighted by molar-refractivity contribution is 14.0. The Morgan fingerprint density at radius 1 is 1.16 bits per heavy atom. The van der Waals surface area contributed by atoms with E-state index < -0.39 is 0 Å². The monoisotopic (exact) mass is 564 g/mol. The van der Waals surface area contributed by atoms with E-state index in [-0.39, 0.29) is 24.0 Å². The third kappa shape index (κ3) is 10.2. The largest absolute Gasteiger partial charge is 0.381 e. The van der Waals surface area contributed by atoms with Crippen molar-refractivity contribution in [2.24, 2.45) is 10.9 Å². The average molecular weight is 565 g/mol. The molecule has 2 aliphatic heterocycles. The molecule has 31 heavy (non-hydrogen) atoms. The Bertz CT molecular complexity index is 633. The molecule has 0 saturated carbocycles. The lowest BCUT2D eigenvalue weighted by Crippen LogP contribution is -2.48. The zero-order chi connectivity index (χ0) is 21.0. The number of piperidine rings is 1. The van der Waals surface area contributed by atoms with E-state index in [0.717, 1.165) is 95.7 Å². The summed E-state index contributed by atoms with van der Waals surface area (Å²) in [5.41, 5.74) is 1.32. The summed E-state index contributed by atoms with van der Waals surface area (Å²) in [6, 6.07) is 8.65. The van der Waals surface area contributed by atoms with Gasteiger partial charge in [-0.1, -0.05) is 23.7 Å². The van der Waals surface area contributed by atoms with Crippen LogP contribution in [0.3, 0.4) is 0 Å². The first-order chi connectivity index (χ1) is 14.7. The predicted molar refractivity (Wildman–Crippen MR) is 139 cm³/mol. The van der Waals surface area contributed by atoms with Crippen molar-refractivity contribution >= 4 is 41.5 Å². The van der Waals surface area contributed by atoms with Crippen LogP contribution < -0.4 is 10.6 Å². The van der Waals surface area contributed by atoms with E-state index in [1.807, 2.05) is 19.2 Å². The van der Waals surface area contributed by atoms with Gasteiger partial charge in [0.2, 0.25) is 0 Å². The number of guanidine groups is 1. The van der Waals surface area contributed by atoms with E-state index >= 15 is 0 Å². The smallest absolute Gasteiger partial charge is 0.191 e. The van der Waals surface area contributed by atoms with Crippen molar-refractivity contribution in [3.63, 3.8) is 0 Å². The summed E-state index contributed by atoms with van der Waals surface area (Å²) >= 11 is 5.98. The molecule has 176 valence electrons. The fraction of sp³-hybridized carbons (Fsp3) is 0.696. The van der Waals surface area contributed by atoms with Gasteiger partial charge in [0.15, 0.2) is 5.96 Å². The second-order valence-corrected chi connectivity index (χ2v) is 8.74. The molecule has 0 aliphatic carbocycles. The van der Waals surface area contributed by atoms with Crippen molar-refractivity contribution in [3.05, 3.63) is 34.9 Å². The van der Waals surface area contributed by atoms with Crippen LogP contribution in [0.1, 0.15) is 37.7 Å². The van der Waals surface area contributed by atoms with Crippen LogP contribution in [0.5, 0.6) is 0 Å². The van der Waals surface area contributed by atoms with Gasteiger partial charge in [0.05, 0.1) is 0 Å². The van der Waals surface area contributed by atoms with E-state index in [1.54, 1.807) is 0 Å². The first-order valence-electron chi connectivity index (χ1n) is 11.3. The van der Waals surface area contributed by atoms with Gasteiger partial charge in [-0.2, -0.15) is 0 Å². The van der Waals surface area contributed by atoms with Crippen LogP contribution in [0.15, 0.2) is 29.3 Å². The highest BCUT2D eigenvalue weighted by atomic mass is 127. The second kappa shape index (κ2) is 15.3. The van der Waals surface area contributed by atoms with E-state index in [2.05, 4.69) is 32.7 Å². The number of aliphatic imine (C=N–C) groups is 1. The Labute approximate surface area is 209 Å². The van der Waals surface area contributed by atoms with Crippen molar-refractivity contribution in [2.75, 3.05) is 53.1 Å². The van der Waals surface area contributed by atoms with Crippen LogP contribution in [0.4, 0.5) is 0 Å². The van der Waals surface area contributed by atoms with Gasteiger partial charge in [-0.05, 0) is 55.7 Å². The number of likely N-dealkylation sites (tertiary alicyclic amines) is 1. The van der Waals surface area contributed by atoms with Gasteiger partial charge in [0.25, 0.3) is 0 Å². The van der Waals surface area contributed by atoms with Crippen molar-refractivity contribution in [1.29, 1.82) is 0 Å². The minimum Gasteiger partial charge on any atom is -0.381 e. The third-order valence-electron chi connectivity index (χ3n) is 5.92. The maximum absolute atomic E-state index is 5.98. The SMILES string of the molecule is CN=C(NCCCOCC1CCOCC1)NC1CCN(Cc2ccc(Cl)cc2)CC1.I. The quantitative estimate of drug-likeness (QED) is 0.206. The molecule has 0 radical (unpaired) electrons. The van der Waals surface area contributed by atoms with Crippen molar-refractivity contribution in [3.8, 4) is 0 Å². The van der Waals surface area contributed by atoms with E-state index in [9.17, 15) is 0 Å². The molecule has 0 amide bonds. The van der Waals surface area contributed by atoms with Crippen LogP contribution >= 0.6 is 35.6 Å². The summed E-state index contributed by atoms with van der Waals surface area (Å²) in [6.45, 7) is 7.49. The molecular formula is C23H38ClIN4O2. The highest BCUT2D eigenvalue weighted by Gasteiger charge is 2.20. The number of hydrogen-bond acceptors (Lipinski definition) is 4. The molecule has 2 fully saturated rings. The van der Waals surface area contributed by atoms with Gasteiger partial charge in [-0.3, -0.25) is 9.89 Å². The Morgan fingerprint density at radius 3 is 2.55 bits per heavy atom. The van der Waals surface area contributed by atoms with E-state index in [0.29, 0.717) is 12.0 Å². The van der Waals surface area contributed by atoms with Gasteiger partial charge < -0.3 is 20.1 Å². The first-order valence-corrected chi connectivity index (χ1v) is 11.7. The molecule has 1 aromatic rings. The van der Waals surface area contributed by atoms with Crippen LogP contribution in [0.2, 0.25) is 5.02 Å². The topological polar surface area (TPSA) is 58.1 Å². The Hall–Kier alpha value is -0.610. The molecule has 0 unspecified atom stereocenters. The Kier molecular flexibility index (Phi) is 13.1. The lowest BCUT2D eigenvalue weighted by molar-refractivity contribution is 0.0203. The predicted octanol–water partition coefficient (Wildman–Crippen LogP) is 3.92. The van der Waals surface area contributed by atoms with Crippen molar-refractivity contribution in [2.45, 2.75) is 44.7 Å². The van der Waals surface area contributed by atoms with Gasteiger partial charge >= 0.3 is 0 Å². The van der Waals surface area contributed by atoms with E-state index in [4.69, 9.17) is 21.1 Å². The molecule has 0 bridgehead atoms. The molecule has 2 aliphatic rings. The minimum absolute atomic E-state index is 0. The number of rotatable bonds is 9. The zero-order valence-electron chi connectivity index (χ0n) is 18.7. The summed E-state index contributed by atoms with van der Waals surface area (Å²) < 4.78 is 11.2. The van der Waals surface area contributed by atoms with E-state index in [1.165, 1.54) is 5.56 Å². The molecule has 2 heterocycles. The van der Waals surface area contributed by atoms with Gasteiger partial charge in [-0.15, -0.1) is 24.0 Å². The molecule has 0 aromatic heterocycles. The molecule has 1 aromatic carbocycles. The standard InChI is InChI=1S/C23H37ClN4O2.HI/c1-25-23(26-11-2-14-30-18-20-9-15-29-16-10-20)27-22-7-12-28(13-8-22)17-19-3-5-21(24)6-4-19;/h3-6,20,22H,2,7-18H2,1H3,(H2,25,26,27);1H.